The maximum atomic E-state index is 13.1. The van der Waals surface area contributed by atoms with Crippen molar-refractivity contribution in [1.29, 1.82) is 0 Å². The Morgan fingerprint density at radius 3 is 2.24 bits per heavy atom. The molecule has 1 heterocycles. The van der Waals surface area contributed by atoms with E-state index >= 15 is 0 Å². The van der Waals surface area contributed by atoms with E-state index in [-0.39, 0.29) is 37.0 Å². The van der Waals surface area contributed by atoms with Gasteiger partial charge >= 0.3 is 12.1 Å². The van der Waals surface area contributed by atoms with Gasteiger partial charge in [0.2, 0.25) is 5.91 Å². The van der Waals surface area contributed by atoms with E-state index in [9.17, 15) is 19.5 Å². The second kappa shape index (κ2) is 8.76. The number of aliphatic carboxylic acids is 1. The van der Waals surface area contributed by atoms with Crippen LogP contribution in [-0.2, 0) is 19.1 Å². The SMILES string of the molecule is COCC(NC(=O)OCC1c2ccccc2-c2ccccc21)C(=O)N1CC(C(=O)O)C2(CC2)C1. The third-order valence-electron chi connectivity index (χ3n) is 7.42. The van der Waals surface area contributed by atoms with Crippen molar-refractivity contribution >= 4 is 18.0 Å². The van der Waals surface area contributed by atoms with Crippen LogP contribution >= 0.6 is 0 Å². The fourth-order valence-electron chi connectivity index (χ4n) is 5.49. The molecule has 8 heteroatoms. The summed E-state index contributed by atoms with van der Waals surface area (Å²) >= 11 is 0. The highest BCUT2D eigenvalue weighted by Crippen LogP contribution is 2.56. The summed E-state index contributed by atoms with van der Waals surface area (Å²) in [4.78, 5) is 39.0. The van der Waals surface area contributed by atoms with Crippen LogP contribution in [0.15, 0.2) is 48.5 Å². The van der Waals surface area contributed by atoms with Crippen LogP contribution in [-0.4, -0.2) is 67.4 Å². The van der Waals surface area contributed by atoms with Gasteiger partial charge in [-0.2, -0.15) is 0 Å². The minimum atomic E-state index is -0.941. The molecule has 3 aliphatic rings. The zero-order valence-corrected chi connectivity index (χ0v) is 19.0. The van der Waals surface area contributed by atoms with Crippen molar-refractivity contribution in [3.05, 3.63) is 59.7 Å². The van der Waals surface area contributed by atoms with Gasteiger partial charge in [-0.3, -0.25) is 9.59 Å². The smallest absolute Gasteiger partial charge is 0.407 e. The van der Waals surface area contributed by atoms with Crippen molar-refractivity contribution in [1.82, 2.24) is 10.2 Å². The van der Waals surface area contributed by atoms with Gasteiger partial charge in [-0.1, -0.05) is 48.5 Å². The number of carboxylic acid groups (broad SMARTS) is 1. The molecule has 1 spiro atoms. The van der Waals surface area contributed by atoms with E-state index < -0.39 is 24.0 Å². The van der Waals surface area contributed by atoms with Crippen LogP contribution < -0.4 is 5.32 Å². The lowest BCUT2D eigenvalue weighted by molar-refractivity contribution is -0.143. The Balaban J connectivity index is 1.24. The summed E-state index contributed by atoms with van der Waals surface area (Å²) in [6, 6.07) is 15.2. The molecule has 2 unspecified atom stereocenters. The van der Waals surface area contributed by atoms with Crippen LogP contribution in [0.4, 0.5) is 4.79 Å². The number of ether oxygens (including phenoxy) is 2. The average Bonchev–Trinajstić information content (AvgIpc) is 3.38. The molecule has 0 aromatic heterocycles. The highest BCUT2D eigenvalue weighted by molar-refractivity contribution is 5.87. The van der Waals surface area contributed by atoms with E-state index in [1.807, 2.05) is 36.4 Å². The predicted molar refractivity (Wildman–Crippen MR) is 123 cm³/mol. The molecule has 1 saturated carbocycles. The van der Waals surface area contributed by atoms with Gasteiger partial charge in [0.05, 0.1) is 12.5 Å². The molecule has 2 amide bonds. The third kappa shape index (κ3) is 3.92. The van der Waals surface area contributed by atoms with Gasteiger partial charge in [-0.15, -0.1) is 0 Å². The Morgan fingerprint density at radius 1 is 1.09 bits per heavy atom. The number of carbonyl (C=O) groups excluding carboxylic acids is 2. The van der Waals surface area contributed by atoms with Gasteiger partial charge in [0.1, 0.15) is 12.6 Å². The van der Waals surface area contributed by atoms with Gasteiger partial charge in [0.25, 0.3) is 0 Å². The second-order valence-electron chi connectivity index (χ2n) is 9.45. The molecule has 2 aromatic rings. The molecule has 2 atom stereocenters. The maximum absolute atomic E-state index is 13.1. The molecule has 5 rings (SSSR count). The van der Waals surface area contributed by atoms with Crippen molar-refractivity contribution < 1.29 is 29.0 Å². The van der Waals surface area contributed by atoms with Crippen molar-refractivity contribution in [3.63, 3.8) is 0 Å². The molecule has 2 fully saturated rings. The molecule has 178 valence electrons. The van der Waals surface area contributed by atoms with E-state index in [2.05, 4.69) is 17.4 Å². The summed E-state index contributed by atoms with van der Waals surface area (Å²) in [5, 5.41) is 12.2. The standard InChI is InChI=1S/C26H28N2O6/c1-33-14-22(23(29)28-12-21(24(30)31)26(15-28)10-11-26)27-25(32)34-13-20-18-8-4-2-6-16(18)17-7-3-5-9-19(17)20/h2-9,20-22H,10-15H2,1H3,(H,27,32)(H,30,31). The van der Waals surface area contributed by atoms with Crippen LogP contribution in [0.3, 0.4) is 0 Å². The fraction of sp³-hybridized carbons (Fsp3) is 0.423. The molecule has 8 nitrogen and oxygen atoms in total. The molecule has 0 radical (unpaired) electrons. The number of likely N-dealkylation sites (tertiary alicyclic amines) is 1. The normalized spacial score (nSPS) is 20.5. The quantitative estimate of drug-likeness (QED) is 0.653. The first kappa shape index (κ1) is 22.4. The molecular formula is C26H28N2O6. The van der Waals surface area contributed by atoms with E-state index in [4.69, 9.17) is 9.47 Å². The summed E-state index contributed by atoms with van der Waals surface area (Å²) in [6.45, 7) is 0.669. The number of hydrogen-bond acceptors (Lipinski definition) is 5. The Bertz CT molecular complexity index is 1080. The number of carbonyl (C=O) groups is 3. The highest BCUT2D eigenvalue weighted by atomic mass is 16.5. The number of fused-ring (bicyclic) bond motifs is 3. The number of amides is 2. The van der Waals surface area contributed by atoms with Crippen molar-refractivity contribution in [2.24, 2.45) is 11.3 Å². The molecule has 2 N–H and O–H groups in total. The van der Waals surface area contributed by atoms with Gasteiger partial charge in [-0.25, -0.2) is 4.79 Å². The number of rotatable bonds is 7. The summed E-state index contributed by atoms with van der Waals surface area (Å²) in [6.07, 6.45) is 0.915. The number of nitrogens with one attached hydrogen (secondary N) is 1. The number of nitrogens with zero attached hydrogens (tertiary/aromatic N) is 1. The van der Waals surface area contributed by atoms with Gasteiger partial charge in [0, 0.05) is 31.5 Å². The van der Waals surface area contributed by atoms with Gasteiger partial charge < -0.3 is 24.8 Å². The first-order valence-corrected chi connectivity index (χ1v) is 11.6. The Labute approximate surface area is 197 Å². The number of benzene rings is 2. The van der Waals surface area contributed by atoms with Crippen LogP contribution in [0.25, 0.3) is 11.1 Å². The Hall–Kier alpha value is -3.39. The monoisotopic (exact) mass is 464 g/mol. The largest absolute Gasteiger partial charge is 0.481 e. The summed E-state index contributed by atoms with van der Waals surface area (Å²) in [7, 11) is 1.45. The zero-order chi connectivity index (χ0) is 23.9. The molecule has 2 aromatic carbocycles. The van der Waals surface area contributed by atoms with Crippen LogP contribution in [0.1, 0.15) is 29.9 Å². The minimum Gasteiger partial charge on any atom is -0.481 e. The summed E-state index contributed by atoms with van der Waals surface area (Å²) in [5.41, 5.74) is 4.16. The first-order chi connectivity index (χ1) is 16.4. The van der Waals surface area contributed by atoms with Crippen molar-refractivity contribution in [2.75, 3.05) is 33.4 Å². The van der Waals surface area contributed by atoms with Crippen molar-refractivity contribution in [2.45, 2.75) is 24.8 Å². The minimum absolute atomic E-state index is 0.0235. The van der Waals surface area contributed by atoms with Gasteiger partial charge in [0.15, 0.2) is 0 Å². The predicted octanol–water partition coefficient (Wildman–Crippen LogP) is 2.86. The van der Waals surface area contributed by atoms with E-state index in [0.29, 0.717) is 6.54 Å². The average molecular weight is 465 g/mol. The van der Waals surface area contributed by atoms with Crippen LogP contribution in [0, 0.1) is 11.3 Å². The molecule has 1 saturated heterocycles. The molecular weight excluding hydrogens is 436 g/mol. The molecule has 2 aliphatic carbocycles. The lowest BCUT2D eigenvalue weighted by Crippen LogP contribution is -2.50. The highest BCUT2D eigenvalue weighted by Gasteiger charge is 2.59. The number of methoxy groups -OCH3 is 1. The van der Waals surface area contributed by atoms with Gasteiger partial charge in [-0.05, 0) is 35.1 Å². The fourth-order valence-corrected chi connectivity index (χ4v) is 5.49. The molecule has 1 aliphatic heterocycles. The zero-order valence-electron chi connectivity index (χ0n) is 19.0. The lowest BCUT2D eigenvalue weighted by Gasteiger charge is -2.24. The number of carboxylic acids is 1. The topological polar surface area (TPSA) is 105 Å². The van der Waals surface area contributed by atoms with Crippen LogP contribution in [0.5, 0.6) is 0 Å². The third-order valence-corrected chi connectivity index (χ3v) is 7.42. The number of alkyl carbamates (subject to hydrolysis) is 1. The van der Waals surface area contributed by atoms with E-state index in [1.165, 1.54) is 7.11 Å². The van der Waals surface area contributed by atoms with Crippen molar-refractivity contribution in [3.8, 4) is 11.1 Å². The maximum Gasteiger partial charge on any atom is 0.407 e. The molecule has 34 heavy (non-hydrogen) atoms. The van der Waals surface area contributed by atoms with E-state index in [0.717, 1.165) is 35.1 Å². The van der Waals surface area contributed by atoms with Crippen LogP contribution in [0.2, 0.25) is 0 Å². The summed E-state index contributed by atoms with van der Waals surface area (Å²) < 4.78 is 10.7. The Morgan fingerprint density at radius 2 is 1.71 bits per heavy atom. The Kier molecular flexibility index (Phi) is 5.77. The van der Waals surface area contributed by atoms with E-state index in [1.54, 1.807) is 4.90 Å². The first-order valence-electron chi connectivity index (χ1n) is 11.6. The summed E-state index contributed by atoms with van der Waals surface area (Å²) in [5.74, 6) is -1.86. The molecule has 0 bridgehead atoms. The number of hydrogen-bond donors (Lipinski definition) is 2. The lowest BCUT2D eigenvalue weighted by atomic mass is 9.93. The second-order valence-corrected chi connectivity index (χ2v) is 9.45.